The van der Waals surface area contributed by atoms with Crippen molar-refractivity contribution in [3.63, 3.8) is 0 Å². The Morgan fingerprint density at radius 2 is 1.44 bits per heavy atom. The minimum absolute atomic E-state index is 0.00599. The monoisotopic (exact) mass is 455 g/mol. The second-order valence-electron chi connectivity index (χ2n) is 9.54. The van der Waals surface area contributed by atoms with E-state index in [2.05, 4.69) is 64.2 Å². The van der Waals surface area contributed by atoms with Gasteiger partial charge in [0.25, 0.3) is 0 Å². The number of nitrogens with one attached hydrogen (secondary N) is 1. The zero-order valence-electron chi connectivity index (χ0n) is 18.9. The summed E-state index contributed by atoms with van der Waals surface area (Å²) >= 11 is 0. The normalized spacial score (nSPS) is 16.6. The number of aliphatic hydroxyl groups excluding tert-OH is 1. The number of rotatable bonds is 12. The molecule has 0 aliphatic rings. The molecule has 11 heteroatoms. The molecule has 0 aliphatic heterocycles. The molecule has 0 aromatic heterocycles. The molecule has 162 valence electrons. The van der Waals surface area contributed by atoms with Crippen molar-refractivity contribution in [3.05, 3.63) is 0 Å². The SMILES string of the molecule is CC(O)COC(=O)NCCC[Si](C)(O[Si](C)(C)C)O[Si](C)(C)O[Si](C)(C)C. The third-order valence-corrected chi connectivity index (χ3v) is 16.6. The van der Waals surface area contributed by atoms with Crippen LogP contribution < -0.4 is 5.32 Å². The highest BCUT2D eigenvalue weighted by atomic mass is 28.5. The van der Waals surface area contributed by atoms with Gasteiger partial charge in [-0.05, 0) is 78.3 Å². The van der Waals surface area contributed by atoms with Gasteiger partial charge in [0.05, 0.1) is 6.10 Å². The van der Waals surface area contributed by atoms with Crippen molar-refractivity contribution in [3.8, 4) is 0 Å². The lowest BCUT2D eigenvalue weighted by Gasteiger charge is -2.41. The first-order valence-electron chi connectivity index (χ1n) is 9.62. The van der Waals surface area contributed by atoms with Crippen LogP contribution in [0.4, 0.5) is 4.79 Å². The van der Waals surface area contributed by atoms with Gasteiger partial charge in [-0.3, -0.25) is 0 Å². The summed E-state index contributed by atoms with van der Waals surface area (Å²) < 4.78 is 24.3. The third-order valence-electron chi connectivity index (χ3n) is 3.07. The highest BCUT2D eigenvalue weighted by Crippen LogP contribution is 2.27. The number of aliphatic hydroxyl groups is 1. The summed E-state index contributed by atoms with van der Waals surface area (Å²) in [5, 5.41) is 11.9. The molecule has 0 aliphatic carbocycles. The molecule has 1 amide bonds. The zero-order chi connectivity index (χ0) is 21.5. The van der Waals surface area contributed by atoms with Crippen LogP contribution in [0.2, 0.25) is 65.0 Å². The molecular weight excluding hydrogens is 415 g/mol. The minimum Gasteiger partial charge on any atom is -0.447 e. The number of amides is 1. The molecule has 7 nitrogen and oxygen atoms in total. The Labute approximate surface area is 169 Å². The third kappa shape index (κ3) is 15.6. The van der Waals surface area contributed by atoms with E-state index >= 15 is 0 Å². The molecular formula is C16H41NO6Si4. The number of carbonyl (C=O) groups is 1. The van der Waals surface area contributed by atoms with E-state index in [4.69, 9.17) is 22.2 Å². The molecule has 2 N–H and O–H groups in total. The van der Waals surface area contributed by atoms with Crippen molar-refractivity contribution in [1.82, 2.24) is 5.32 Å². The summed E-state index contributed by atoms with van der Waals surface area (Å²) in [4.78, 5) is 11.6. The topological polar surface area (TPSA) is 86.3 Å². The van der Waals surface area contributed by atoms with Gasteiger partial charge in [-0.2, -0.15) is 0 Å². The highest BCUT2D eigenvalue weighted by Gasteiger charge is 2.44. The summed E-state index contributed by atoms with van der Waals surface area (Å²) in [5.74, 6) is 0. The van der Waals surface area contributed by atoms with Gasteiger partial charge in [0.1, 0.15) is 6.61 Å². The van der Waals surface area contributed by atoms with Gasteiger partial charge in [0.15, 0.2) is 16.6 Å². The maximum absolute atomic E-state index is 11.6. The maximum Gasteiger partial charge on any atom is 0.407 e. The van der Waals surface area contributed by atoms with Gasteiger partial charge in [-0.1, -0.05) is 0 Å². The Morgan fingerprint density at radius 1 is 0.926 bits per heavy atom. The smallest absolute Gasteiger partial charge is 0.407 e. The molecule has 0 spiro atoms. The average Bonchev–Trinajstić information content (AvgIpc) is 2.35. The lowest BCUT2D eigenvalue weighted by molar-refractivity contribution is 0.0781. The van der Waals surface area contributed by atoms with E-state index in [1.165, 1.54) is 0 Å². The van der Waals surface area contributed by atoms with Crippen LogP contribution in [0.25, 0.3) is 0 Å². The van der Waals surface area contributed by atoms with Gasteiger partial charge in [-0.25, -0.2) is 4.79 Å². The van der Waals surface area contributed by atoms with E-state index in [9.17, 15) is 4.79 Å². The Balaban J connectivity index is 4.78. The van der Waals surface area contributed by atoms with Crippen LogP contribution in [0.15, 0.2) is 0 Å². The van der Waals surface area contributed by atoms with E-state index in [1.54, 1.807) is 6.92 Å². The molecule has 2 atom stereocenters. The van der Waals surface area contributed by atoms with E-state index in [-0.39, 0.29) is 6.61 Å². The van der Waals surface area contributed by atoms with Crippen LogP contribution in [0.3, 0.4) is 0 Å². The van der Waals surface area contributed by atoms with Crippen LogP contribution in [-0.4, -0.2) is 64.2 Å². The average molecular weight is 456 g/mol. The van der Waals surface area contributed by atoms with Crippen molar-refractivity contribution in [1.29, 1.82) is 0 Å². The fourth-order valence-electron chi connectivity index (χ4n) is 2.90. The summed E-state index contributed by atoms with van der Waals surface area (Å²) in [6.45, 7) is 21.4. The van der Waals surface area contributed by atoms with Crippen LogP contribution in [-0.2, 0) is 17.1 Å². The molecule has 0 rings (SSSR count). The summed E-state index contributed by atoms with van der Waals surface area (Å²) in [7, 11) is -8.23. The van der Waals surface area contributed by atoms with Crippen molar-refractivity contribution in [2.24, 2.45) is 0 Å². The first kappa shape index (κ1) is 27.0. The van der Waals surface area contributed by atoms with Gasteiger partial charge in [0, 0.05) is 6.54 Å². The van der Waals surface area contributed by atoms with Crippen molar-refractivity contribution < 1.29 is 27.0 Å². The van der Waals surface area contributed by atoms with Gasteiger partial charge in [-0.15, -0.1) is 0 Å². The van der Waals surface area contributed by atoms with E-state index in [1.807, 2.05) is 0 Å². The summed E-state index contributed by atoms with van der Waals surface area (Å²) in [6.07, 6.45) is -0.430. The van der Waals surface area contributed by atoms with Crippen LogP contribution in [0, 0.1) is 0 Å². The molecule has 0 radical (unpaired) electrons. The Hall–Kier alpha value is -0.0225. The van der Waals surface area contributed by atoms with Crippen molar-refractivity contribution in [2.75, 3.05) is 13.2 Å². The van der Waals surface area contributed by atoms with Gasteiger partial charge in [0.2, 0.25) is 0 Å². The fourth-order valence-corrected chi connectivity index (χ4v) is 20.9. The van der Waals surface area contributed by atoms with E-state index < -0.39 is 46.0 Å². The molecule has 0 heterocycles. The molecule has 0 saturated heterocycles. The minimum atomic E-state index is -2.44. The predicted molar refractivity (Wildman–Crippen MR) is 120 cm³/mol. The standard InChI is InChI=1S/C16H41NO6Si4/c1-15(18)14-20-16(19)17-12-11-13-27(10,22-25(5,6)7)23-26(8,9)21-24(2,3)4/h15,18H,11-14H2,1-10H3,(H,17,19). The number of hydrogen-bond acceptors (Lipinski definition) is 6. The first-order valence-corrected chi connectivity index (χ1v) is 21.8. The zero-order valence-corrected chi connectivity index (χ0v) is 22.9. The molecule has 27 heavy (non-hydrogen) atoms. The van der Waals surface area contributed by atoms with Crippen LogP contribution >= 0.6 is 0 Å². The lowest BCUT2D eigenvalue weighted by Crippen LogP contribution is -2.56. The predicted octanol–water partition coefficient (Wildman–Crippen LogP) is 3.98. The second kappa shape index (κ2) is 10.7. The Bertz CT molecular complexity index is 465. The molecule has 0 aromatic rings. The fraction of sp³-hybridized carbons (Fsp3) is 0.938. The number of ether oxygens (including phenoxy) is 1. The molecule has 0 saturated carbocycles. The van der Waals surface area contributed by atoms with Crippen LogP contribution in [0.5, 0.6) is 0 Å². The number of hydrogen-bond donors (Lipinski definition) is 2. The largest absolute Gasteiger partial charge is 0.447 e. The Morgan fingerprint density at radius 3 is 1.89 bits per heavy atom. The molecule has 2 unspecified atom stereocenters. The summed E-state index contributed by atoms with van der Waals surface area (Å²) in [6, 6.07) is 0.777. The number of alkyl carbamates (subject to hydrolysis) is 1. The van der Waals surface area contributed by atoms with Crippen LogP contribution in [0.1, 0.15) is 13.3 Å². The molecule has 0 aromatic carbocycles. The van der Waals surface area contributed by atoms with Crippen molar-refractivity contribution in [2.45, 2.75) is 84.4 Å². The molecule has 0 fully saturated rings. The van der Waals surface area contributed by atoms with Crippen molar-refractivity contribution >= 4 is 39.8 Å². The van der Waals surface area contributed by atoms with Gasteiger partial charge < -0.3 is 27.5 Å². The quantitative estimate of drug-likeness (QED) is 0.342. The van der Waals surface area contributed by atoms with Gasteiger partial charge >= 0.3 is 23.2 Å². The lowest BCUT2D eigenvalue weighted by atomic mass is 10.4. The summed E-state index contributed by atoms with van der Waals surface area (Å²) in [5.41, 5.74) is 0. The maximum atomic E-state index is 11.6. The van der Waals surface area contributed by atoms with E-state index in [0.717, 1.165) is 12.5 Å². The molecule has 0 bridgehead atoms. The highest BCUT2D eigenvalue weighted by molar-refractivity contribution is 6.89. The van der Waals surface area contributed by atoms with E-state index in [0.29, 0.717) is 6.54 Å². The first-order chi connectivity index (χ1) is 11.9. The number of carbonyl (C=O) groups excluding carboxylic acids is 1. The second-order valence-corrected chi connectivity index (χ2v) is 26.0. The Kier molecular flexibility index (Phi) is 10.7.